The van der Waals surface area contributed by atoms with E-state index in [1.807, 2.05) is 12.3 Å². The molecule has 2 radical (unpaired) electrons. The molecule has 0 spiro atoms. The zero-order valence-corrected chi connectivity index (χ0v) is 16.4. The van der Waals surface area contributed by atoms with Crippen molar-refractivity contribution in [3.05, 3.63) is 85.1 Å². The van der Waals surface area contributed by atoms with Crippen LogP contribution in [-0.2, 0) is 0 Å². The SMILES string of the molecule is [Ga][O]c1ccc(-c2cccc3ccccc23)c2ccc3cccnc3c12. The van der Waals surface area contributed by atoms with E-state index in [1.165, 1.54) is 46.2 Å². The van der Waals surface area contributed by atoms with E-state index >= 15 is 0 Å². The predicted molar refractivity (Wildman–Crippen MR) is 109 cm³/mol. The molecule has 0 unspecified atom stereocenters. The van der Waals surface area contributed by atoms with Gasteiger partial charge in [-0.25, -0.2) is 0 Å². The Morgan fingerprint density at radius 3 is 2.38 bits per heavy atom. The van der Waals surface area contributed by atoms with Crippen molar-refractivity contribution in [1.29, 1.82) is 0 Å². The number of rotatable bonds is 2. The zero-order chi connectivity index (χ0) is 17.5. The fraction of sp³-hybridized carbons (Fsp3) is 0. The molecule has 0 saturated heterocycles. The molecule has 2 nitrogen and oxygen atoms in total. The van der Waals surface area contributed by atoms with Crippen molar-refractivity contribution in [1.82, 2.24) is 4.98 Å². The molecule has 0 amide bonds. The van der Waals surface area contributed by atoms with Crippen molar-refractivity contribution < 1.29 is 3.53 Å². The third-order valence-electron chi connectivity index (χ3n) is 4.92. The number of benzene rings is 4. The Morgan fingerprint density at radius 1 is 0.654 bits per heavy atom. The van der Waals surface area contributed by atoms with Crippen molar-refractivity contribution in [3.8, 4) is 16.9 Å². The molecule has 0 fully saturated rings. The summed E-state index contributed by atoms with van der Waals surface area (Å²) in [6.45, 7) is 0. The Hall–Kier alpha value is -2.75. The fourth-order valence-corrected chi connectivity index (χ4v) is 4.16. The molecule has 0 bridgehead atoms. The molecule has 1 heterocycles. The Labute approximate surface area is 161 Å². The van der Waals surface area contributed by atoms with Gasteiger partial charge in [0.2, 0.25) is 0 Å². The summed E-state index contributed by atoms with van der Waals surface area (Å²) >= 11 is 1.24. The van der Waals surface area contributed by atoms with Crippen LogP contribution in [0.2, 0.25) is 0 Å². The van der Waals surface area contributed by atoms with E-state index in [-0.39, 0.29) is 0 Å². The van der Waals surface area contributed by atoms with Crippen LogP contribution in [0.5, 0.6) is 5.75 Å². The average Bonchev–Trinajstić information content (AvgIpc) is 2.72. The Morgan fingerprint density at radius 2 is 1.46 bits per heavy atom. The summed E-state index contributed by atoms with van der Waals surface area (Å²) in [5.41, 5.74) is 3.42. The summed E-state index contributed by atoms with van der Waals surface area (Å²) in [4.78, 5) is 4.64. The quantitative estimate of drug-likeness (QED) is 0.286. The third-order valence-corrected chi connectivity index (χ3v) is 5.45. The molecular weight excluding hydrogens is 376 g/mol. The second-order valence-corrected chi connectivity index (χ2v) is 6.81. The van der Waals surface area contributed by atoms with Gasteiger partial charge in [0.15, 0.2) is 0 Å². The molecule has 5 aromatic rings. The maximum atomic E-state index is 5.74. The molecule has 0 aliphatic heterocycles. The van der Waals surface area contributed by atoms with Gasteiger partial charge in [-0.05, 0) is 0 Å². The van der Waals surface area contributed by atoms with Crippen LogP contribution < -0.4 is 3.53 Å². The molecule has 0 aliphatic rings. The predicted octanol–water partition coefficient (Wildman–Crippen LogP) is 5.67. The first-order valence-corrected chi connectivity index (χ1v) is 9.51. The number of hydrogen-bond donors (Lipinski definition) is 0. The topological polar surface area (TPSA) is 22.1 Å². The van der Waals surface area contributed by atoms with Gasteiger partial charge in [-0.2, -0.15) is 0 Å². The molecule has 3 heteroatoms. The van der Waals surface area contributed by atoms with Crippen molar-refractivity contribution in [3.63, 3.8) is 0 Å². The zero-order valence-electron chi connectivity index (χ0n) is 14.0. The fourth-order valence-electron chi connectivity index (χ4n) is 3.74. The van der Waals surface area contributed by atoms with E-state index in [0.29, 0.717) is 0 Å². The summed E-state index contributed by atoms with van der Waals surface area (Å²) in [6, 6.07) is 27.6. The standard InChI is InChI=1S/C23H15NO.Ga/c25-21-13-12-19(18-9-3-6-15-5-1-2-8-17(15)18)20-11-10-16-7-4-14-24-23(16)22(20)21;/h1-14,25H;/q;+1/p-1. The minimum atomic E-state index is 0.883. The summed E-state index contributed by atoms with van der Waals surface area (Å²) < 4.78 is 5.74. The monoisotopic (exact) mass is 389 g/mol. The van der Waals surface area contributed by atoms with Gasteiger partial charge >= 0.3 is 162 Å². The van der Waals surface area contributed by atoms with Crippen LogP contribution in [-0.4, -0.2) is 23.9 Å². The molecular formula is C23H14GaNO. The molecule has 26 heavy (non-hydrogen) atoms. The van der Waals surface area contributed by atoms with Gasteiger partial charge in [0.05, 0.1) is 0 Å². The number of pyridine rings is 1. The van der Waals surface area contributed by atoms with Crippen LogP contribution in [0.4, 0.5) is 0 Å². The Bertz CT molecular complexity index is 1270. The van der Waals surface area contributed by atoms with Crippen LogP contribution in [0.15, 0.2) is 85.1 Å². The van der Waals surface area contributed by atoms with Gasteiger partial charge in [-0.3, -0.25) is 0 Å². The summed E-state index contributed by atoms with van der Waals surface area (Å²) in [6.07, 6.45) is 1.84. The minimum absolute atomic E-state index is 0.883. The normalized spacial score (nSPS) is 11.2. The van der Waals surface area contributed by atoms with Crippen LogP contribution in [0.25, 0.3) is 43.6 Å². The first-order chi connectivity index (χ1) is 12.9. The van der Waals surface area contributed by atoms with E-state index < -0.39 is 0 Å². The molecule has 5 rings (SSSR count). The number of nitrogens with zero attached hydrogens (tertiary/aromatic N) is 1. The van der Waals surface area contributed by atoms with Gasteiger partial charge in [0.25, 0.3) is 0 Å². The van der Waals surface area contributed by atoms with E-state index in [1.54, 1.807) is 0 Å². The molecule has 0 saturated carbocycles. The molecule has 0 aliphatic carbocycles. The second-order valence-electron chi connectivity index (χ2n) is 6.32. The maximum absolute atomic E-state index is 5.74. The van der Waals surface area contributed by atoms with Crippen molar-refractivity contribution in [2.45, 2.75) is 0 Å². The molecule has 4 aromatic carbocycles. The third kappa shape index (κ3) is 2.32. The van der Waals surface area contributed by atoms with Crippen molar-refractivity contribution in [2.24, 2.45) is 0 Å². The first-order valence-electron chi connectivity index (χ1n) is 8.52. The van der Waals surface area contributed by atoms with Gasteiger partial charge in [0, 0.05) is 0 Å². The number of fused-ring (bicyclic) bond motifs is 4. The van der Waals surface area contributed by atoms with Gasteiger partial charge in [-0.15, -0.1) is 0 Å². The van der Waals surface area contributed by atoms with Gasteiger partial charge in [0.1, 0.15) is 0 Å². The Kier molecular flexibility index (Phi) is 3.70. The number of hydrogen-bond acceptors (Lipinski definition) is 2. The second kappa shape index (κ2) is 6.20. The van der Waals surface area contributed by atoms with Crippen LogP contribution in [0.1, 0.15) is 0 Å². The summed E-state index contributed by atoms with van der Waals surface area (Å²) in [5.74, 6) is 0.883. The molecule has 120 valence electrons. The van der Waals surface area contributed by atoms with E-state index in [2.05, 4.69) is 77.8 Å². The van der Waals surface area contributed by atoms with E-state index in [4.69, 9.17) is 3.53 Å². The molecule has 1 aromatic heterocycles. The van der Waals surface area contributed by atoms with E-state index in [9.17, 15) is 0 Å². The van der Waals surface area contributed by atoms with Crippen LogP contribution >= 0.6 is 0 Å². The van der Waals surface area contributed by atoms with Crippen LogP contribution in [0, 0.1) is 0 Å². The summed E-state index contributed by atoms with van der Waals surface area (Å²) in [5, 5.41) is 5.88. The summed E-state index contributed by atoms with van der Waals surface area (Å²) in [7, 11) is 0. The first kappa shape index (κ1) is 15.5. The number of aromatic nitrogens is 1. The molecule has 0 atom stereocenters. The Balaban J connectivity index is 1.94. The van der Waals surface area contributed by atoms with Crippen molar-refractivity contribution >= 4 is 51.4 Å². The van der Waals surface area contributed by atoms with Crippen LogP contribution in [0.3, 0.4) is 0 Å². The van der Waals surface area contributed by atoms with E-state index in [0.717, 1.165) is 22.0 Å². The average molecular weight is 390 g/mol. The molecule has 0 N–H and O–H groups in total. The van der Waals surface area contributed by atoms with Gasteiger partial charge < -0.3 is 0 Å². The van der Waals surface area contributed by atoms with Gasteiger partial charge in [-0.1, -0.05) is 0 Å². The van der Waals surface area contributed by atoms with Crippen molar-refractivity contribution in [2.75, 3.05) is 0 Å².